The number of nitrogens with zero attached hydrogens (tertiary/aromatic N) is 2. The fraction of sp³-hybridized carbons (Fsp3) is 0.286. The maximum absolute atomic E-state index is 11.4. The van der Waals surface area contributed by atoms with E-state index in [9.17, 15) is 9.90 Å². The van der Waals surface area contributed by atoms with E-state index in [1.807, 2.05) is 29.3 Å². The number of carboxylic acids is 1. The lowest BCUT2D eigenvalue weighted by Gasteiger charge is -2.29. The summed E-state index contributed by atoms with van der Waals surface area (Å²) in [5.74, 6) is -0.987. The number of aromatic nitrogens is 1. The maximum atomic E-state index is 11.4. The number of aromatic carboxylic acids is 1. The lowest BCUT2D eigenvalue weighted by Crippen LogP contribution is -2.40. The zero-order valence-electron chi connectivity index (χ0n) is 10.9. The Morgan fingerprint density at radius 1 is 1.30 bits per heavy atom. The fourth-order valence-corrected chi connectivity index (χ4v) is 2.26. The van der Waals surface area contributed by atoms with Gasteiger partial charge in [-0.15, -0.1) is 0 Å². The third kappa shape index (κ3) is 2.43. The molecule has 0 saturated carbocycles. The van der Waals surface area contributed by atoms with Crippen LogP contribution in [0.25, 0.3) is 10.9 Å². The number of rotatable bonds is 3. The molecule has 0 unspecified atom stereocenters. The number of carboxylic acid groups (broad SMARTS) is 1. The van der Waals surface area contributed by atoms with Gasteiger partial charge in [-0.1, -0.05) is 18.2 Å². The zero-order valence-corrected chi connectivity index (χ0v) is 10.9. The van der Waals surface area contributed by atoms with Crippen molar-refractivity contribution in [2.45, 2.75) is 0 Å². The van der Waals surface area contributed by atoms with Gasteiger partial charge in [-0.05, 0) is 6.07 Å². The molecule has 0 aliphatic carbocycles. The van der Waals surface area contributed by atoms with Crippen LogP contribution in [-0.2, 0) is 4.74 Å². The molecule has 0 bridgehead atoms. The number of hydrogen-bond acceptors (Lipinski definition) is 5. The first-order valence-corrected chi connectivity index (χ1v) is 6.46. The van der Waals surface area contributed by atoms with Crippen LogP contribution in [0, 0.1) is 0 Å². The molecule has 2 heterocycles. The topological polar surface area (TPSA) is 74.7 Å². The summed E-state index contributed by atoms with van der Waals surface area (Å²) in [6.45, 7) is 2.71. The molecule has 1 fully saturated rings. The van der Waals surface area contributed by atoms with E-state index in [0.717, 1.165) is 24.0 Å². The summed E-state index contributed by atoms with van der Waals surface area (Å²) < 4.78 is 5.29. The van der Waals surface area contributed by atoms with E-state index in [0.29, 0.717) is 18.9 Å². The molecule has 20 heavy (non-hydrogen) atoms. The van der Waals surface area contributed by atoms with Crippen LogP contribution in [-0.4, -0.2) is 47.4 Å². The highest BCUT2D eigenvalue weighted by Gasteiger charge is 2.18. The lowest BCUT2D eigenvalue weighted by atomic mass is 10.1. The van der Waals surface area contributed by atoms with Crippen LogP contribution in [0.5, 0.6) is 0 Å². The average Bonchev–Trinajstić information content (AvgIpc) is 2.48. The zero-order chi connectivity index (χ0) is 13.9. The third-order valence-electron chi connectivity index (χ3n) is 3.29. The summed E-state index contributed by atoms with van der Waals surface area (Å²) >= 11 is 0. The van der Waals surface area contributed by atoms with Gasteiger partial charge in [-0.3, -0.25) is 4.98 Å². The van der Waals surface area contributed by atoms with Crippen LogP contribution in [0.4, 0.5) is 5.69 Å². The van der Waals surface area contributed by atoms with Gasteiger partial charge in [-0.25, -0.2) is 9.80 Å². The molecule has 0 spiro atoms. The molecular weight excluding hydrogens is 258 g/mol. The highest BCUT2D eigenvalue weighted by Crippen LogP contribution is 2.26. The smallest absolute Gasteiger partial charge is 0.339 e. The molecular formula is C14H15N3O3. The minimum Gasteiger partial charge on any atom is -0.478 e. The average molecular weight is 273 g/mol. The molecule has 6 nitrogen and oxygen atoms in total. The summed E-state index contributed by atoms with van der Waals surface area (Å²) in [4.78, 5) is 15.6. The Hall–Kier alpha value is -2.18. The highest BCUT2D eigenvalue weighted by molar-refractivity contribution is 6.03. The van der Waals surface area contributed by atoms with Crippen molar-refractivity contribution < 1.29 is 14.6 Å². The van der Waals surface area contributed by atoms with Crippen molar-refractivity contribution in [3.8, 4) is 0 Å². The van der Waals surface area contributed by atoms with E-state index < -0.39 is 5.97 Å². The monoisotopic (exact) mass is 273 g/mol. The van der Waals surface area contributed by atoms with Gasteiger partial charge in [0.05, 0.1) is 24.4 Å². The number of hydrogen-bond donors (Lipinski definition) is 2. The second kappa shape index (κ2) is 5.44. The van der Waals surface area contributed by atoms with E-state index in [-0.39, 0.29) is 5.56 Å². The number of ether oxygens (including phenoxy) is 1. The fourth-order valence-electron chi connectivity index (χ4n) is 2.26. The predicted octanol–water partition coefficient (Wildman–Crippen LogP) is 1.59. The van der Waals surface area contributed by atoms with Crippen molar-refractivity contribution >= 4 is 22.6 Å². The second-order valence-electron chi connectivity index (χ2n) is 4.58. The van der Waals surface area contributed by atoms with Crippen LogP contribution in [0.2, 0.25) is 0 Å². The predicted molar refractivity (Wildman–Crippen MR) is 74.7 cm³/mol. The number of nitrogens with one attached hydrogen (secondary N) is 1. The van der Waals surface area contributed by atoms with Crippen LogP contribution >= 0.6 is 0 Å². The van der Waals surface area contributed by atoms with Crippen molar-refractivity contribution in [2.24, 2.45) is 0 Å². The van der Waals surface area contributed by atoms with Crippen LogP contribution < -0.4 is 5.43 Å². The molecule has 2 aromatic rings. The standard InChI is InChI=1S/C14H15N3O3/c18-14(19)11-9-15-12-4-2-1-3-10(12)13(11)16-17-5-7-20-8-6-17/h1-4,9H,5-8H2,(H,15,16)(H,18,19). The molecule has 104 valence electrons. The third-order valence-corrected chi connectivity index (χ3v) is 3.29. The summed E-state index contributed by atoms with van der Waals surface area (Å²) in [5, 5.41) is 12.1. The molecule has 1 saturated heterocycles. The van der Waals surface area contributed by atoms with Gasteiger partial charge in [0.15, 0.2) is 0 Å². The van der Waals surface area contributed by atoms with E-state index in [4.69, 9.17) is 4.74 Å². The van der Waals surface area contributed by atoms with Gasteiger partial charge in [0.25, 0.3) is 0 Å². The number of fused-ring (bicyclic) bond motifs is 1. The largest absolute Gasteiger partial charge is 0.478 e. The Morgan fingerprint density at radius 2 is 2.05 bits per heavy atom. The molecule has 0 amide bonds. The number of anilines is 1. The van der Waals surface area contributed by atoms with Gasteiger partial charge in [0.2, 0.25) is 0 Å². The summed E-state index contributed by atoms with van der Waals surface area (Å²) in [6, 6.07) is 7.50. The van der Waals surface area contributed by atoms with Gasteiger partial charge in [-0.2, -0.15) is 0 Å². The number of carbonyl (C=O) groups is 1. The van der Waals surface area contributed by atoms with Gasteiger partial charge >= 0.3 is 5.97 Å². The summed E-state index contributed by atoms with van der Waals surface area (Å²) in [7, 11) is 0. The molecule has 6 heteroatoms. The van der Waals surface area contributed by atoms with Gasteiger partial charge in [0.1, 0.15) is 5.56 Å². The number of benzene rings is 1. The first-order chi connectivity index (χ1) is 9.75. The van der Waals surface area contributed by atoms with Crippen molar-refractivity contribution in [3.63, 3.8) is 0 Å². The second-order valence-corrected chi connectivity index (χ2v) is 4.58. The number of para-hydroxylation sites is 1. The number of pyridine rings is 1. The van der Waals surface area contributed by atoms with Crippen LogP contribution in [0.1, 0.15) is 10.4 Å². The van der Waals surface area contributed by atoms with Gasteiger partial charge in [0, 0.05) is 24.7 Å². The maximum Gasteiger partial charge on any atom is 0.339 e. The van der Waals surface area contributed by atoms with E-state index >= 15 is 0 Å². The summed E-state index contributed by atoms with van der Waals surface area (Å²) in [5.41, 5.74) is 4.74. The Kier molecular flexibility index (Phi) is 3.49. The van der Waals surface area contributed by atoms with Crippen molar-refractivity contribution in [1.82, 2.24) is 9.99 Å². The molecule has 1 aliphatic rings. The molecule has 1 aromatic carbocycles. The molecule has 1 aliphatic heterocycles. The molecule has 0 atom stereocenters. The Bertz CT molecular complexity index is 639. The molecule has 0 radical (unpaired) electrons. The van der Waals surface area contributed by atoms with E-state index in [2.05, 4.69) is 10.4 Å². The molecule has 2 N–H and O–H groups in total. The van der Waals surface area contributed by atoms with E-state index in [1.54, 1.807) is 0 Å². The number of hydrazine groups is 1. The normalized spacial score (nSPS) is 16.2. The first-order valence-electron chi connectivity index (χ1n) is 6.46. The lowest BCUT2D eigenvalue weighted by molar-refractivity contribution is 0.0496. The Morgan fingerprint density at radius 3 is 2.80 bits per heavy atom. The number of morpholine rings is 1. The van der Waals surface area contributed by atoms with Crippen molar-refractivity contribution in [3.05, 3.63) is 36.0 Å². The first kappa shape index (κ1) is 12.8. The Balaban J connectivity index is 2.04. The van der Waals surface area contributed by atoms with Crippen molar-refractivity contribution in [1.29, 1.82) is 0 Å². The molecule has 1 aromatic heterocycles. The van der Waals surface area contributed by atoms with Crippen LogP contribution in [0.3, 0.4) is 0 Å². The SMILES string of the molecule is O=C(O)c1cnc2ccccc2c1NN1CCOCC1. The summed E-state index contributed by atoms with van der Waals surface area (Å²) in [6.07, 6.45) is 1.40. The highest BCUT2D eigenvalue weighted by atomic mass is 16.5. The molecule has 3 rings (SSSR count). The van der Waals surface area contributed by atoms with E-state index in [1.165, 1.54) is 6.20 Å². The van der Waals surface area contributed by atoms with Crippen LogP contribution in [0.15, 0.2) is 30.5 Å². The quantitative estimate of drug-likeness (QED) is 0.884. The minimum atomic E-state index is -0.987. The Labute approximate surface area is 116 Å². The minimum absolute atomic E-state index is 0.176. The van der Waals surface area contributed by atoms with Crippen molar-refractivity contribution in [2.75, 3.05) is 31.7 Å². The van der Waals surface area contributed by atoms with Gasteiger partial charge < -0.3 is 15.3 Å².